The van der Waals surface area contributed by atoms with E-state index >= 15 is 0 Å². The average molecular weight is 463 g/mol. The molecule has 33 heavy (non-hydrogen) atoms. The number of hydrogen-bond donors (Lipinski definition) is 3. The molecule has 180 valence electrons. The van der Waals surface area contributed by atoms with Gasteiger partial charge in [-0.3, -0.25) is 19.2 Å². The molecule has 3 amide bonds. The molecule has 1 aliphatic rings. The van der Waals surface area contributed by atoms with E-state index in [0.717, 1.165) is 5.56 Å². The van der Waals surface area contributed by atoms with Crippen molar-refractivity contribution in [1.82, 2.24) is 16.0 Å². The highest BCUT2D eigenvalue weighted by Crippen LogP contribution is 2.40. The van der Waals surface area contributed by atoms with Crippen LogP contribution in [0.3, 0.4) is 0 Å². The summed E-state index contributed by atoms with van der Waals surface area (Å²) in [5, 5.41) is 7.21. The summed E-state index contributed by atoms with van der Waals surface area (Å²) in [6, 6.07) is 8.21. The van der Waals surface area contributed by atoms with Crippen LogP contribution in [0, 0.1) is 11.8 Å². The largest absolute Gasteiger partial charge is 0.469 e. The van der Waals surface area contributed by atoms with Gasteiger partial charge in [0.1, 0.15) is 25.3 Å². The highest BCUT2D eigenvalue weighted by atomic mass is 16.6. The smallest absolute Gasteiger partial charge is 0.408 e. The third kappa shape index (κ3) is 8.43. The van der Waals surface area contributed by atoms with Crippen molar-refractivity contribution in [3.8, 4) is 0 Å². The summed E-state index contributed by atoms with van der Waals surface area (Å²) in [6.07, 6.45) is -0.777. The summed E-state index contributed by atoms with van der Waals surface area (Å²) in [7, 11) is 1.17. The Kier molecular flexibility index (Phi) is 8.78. The molecule has 11 heteroatoms. The van der Waals surface area contributed by atoms with Gasteiger partial charge in [-0.05, 0) is 26.3 Å². The third-order valence-electron chi connectivity index (χ3n) is 4.57. The number of nitrogens with one attached hydrogen (secondary N) is 3. The number of esters is 2. The molecule has 3 N–H and O–H groups in total. The Morgan fingerprint density at radius 2 is 1.61 bits per heavy atom. The van der Waals surface area contributed by atoms with Crippen LogP contribution in [0.4, 0.5) is 4.79 Å². The van der Waals surface area contributed by atoms with Crippen LogP contribution >= 0.6 is 0 Å². The van der Waals surface area contributed by atoms with Gasteiger partial charge in [0.25, 0.3) is 0 Å². The number of carbonyl (C=O) groups excluding carboxylic acids is 5. The van der Waals surface area contributed by atoms with Crippen LogP contribution in [0.1, 0.15) is 26.3 Å². The molecule has 0 radical (unpaired) electrons. The summed E-state index contributed by atoms with van der Waals surface area (Å²) in [6.45, 7) is 4.30. The predicted octanol–water partition coefficient (Wildman–Crippen LogP) is 0.275. The first-order chi connectivity index (χ1) is 15.5. The molecule has 0 aromatic heterocycles. The minimum absolute atomic E-state index is 0.0626. The number of benzene rings is 1. The van der Waals surface area contributed by atoms with Crippen LogP contribution in [-0.4, -0.2) is 61.7 Å². The van der Waals surface area contributed by atoms with Gasteiger partial charge < -0.3 is 30.2 Å². The first-order valence-electron chi connectivity index (χ1n) is 10.3. The molecule has 0 spiro atoms. The fourth-order valence-corrected chi connectivity index (χ4v) is 3.02. The molecule has 11 nitrogen and oxygen atoms in total. The number of alkyl carbamates (subject to hydrolysis) is 1. The van der Waals surface area contributed by atoms with E-state index in [1.54, 1.807) is 32.9 Å². The molecule has 1 aromatic carbocycles. The lowest BCUT2D eigenvalue weighted by Crippen LogP contribution is -2.41. The molecular weight excluding hydrogens is 434 g/mol. The van der Waals surface area contributed by atoms with E-state index in [-0.39, 0.29) is 6.61 Å². The fraction of sp³-hybridized carbons (Fsp3) is 0.500. The van der Waals surface area contributed by atoms with E-state index in [9.17, 15) is 24.0 Å². The quantitative estimate of drug-likeness (QED) is 0.349. The lowest BCUT2D eigenvalue weighted by atomic mass is 10.2. The number of carbonyl (C=O) groups is 5. The van der Waals surface area contributed by atoms with E-state index in [2.05, 4.69) is 20.7 Å². The molecular formula is C22H29N3O8. The molecule has 0 heterocycles. The van der Waals surface area contributed by atoms with Gasteiger partial charge in [0.15, 0.2) is 0 Å². The summed E-state index contributed by atoms with van der Waals surface area (Å²) in [4.78, 5) is 60.1. The lowest BCUT2D eigenvalue weighted by molar-refractivity contribution is -0.145. The van der Waals surface area contributed by atoms with Gasteiger partial charge in [-0.2, -0.15) is 0 Å². The predicted molar refractivity (Wildman–Crippen MR) is 114 cm³/mol. The van der Waals surface area contributed by atoms with E-state index in [1.165, 1.54) is 7.11 Å². The van der Waals surface area contributed by atoms with E-state index in [4.69, 9.17) is 9.47 Å². The second kappa shape index (κ2) is 11.3. The molecule has 1 saturated carbocycles. The van der Waals surface area contributed by atoms with Crippen molar-refractivity contribution in [2.75, 3.05) is 20.2 Å². The Morgan fingerprint density at radius 1 is 0.939 bits per heavy atom. The van der Waals surface area contributed by atoms with E-state index < -0.39 is 66.4 Å². The standard InChI is InChI=1S/C22H29N3O8/c1-22(2,3)33-21(30)24-10-14(26)25-18-16(17(18)20(29)31-4)19(28)23-11-15(27)32-12-13-8-6-5-7-9-13/h5-9,16-18H,10-12H2,1-4H3,(H,23,28)(H,24,30)(H,25,26)/t16-,17-,18-/m1/s1. The van der Waals surface area contributed by atoms with Crippen LogP contribution in [0.5, 0.6) is 0 Å². The zero-order valence-electron chi connectivity index (χ0n) is 19.0. The van der Waals surface area contributed by atoms with Crippen molar-refractivity contribution < 1.29 is 38.2 Å². The van der Waals surface area contributed by atoms with Crippen LogP contribution in [0.15, 0.2) is 30.3 Å². The molecule has 1 fully saturated rings. The second-order valence-electron chi connectivity index (χ2n) is 8.39. The topological polar surface area (TPSA) is 149 Å². The summed E-state index contributed by atoms with van der Waals surface area (Å²) >= 11 is 0. The van der Waals surface area contributed by atoms with E-state index in [1.807, 2.05) is 18.2 Å². The second-order valence-corrected chi connectivity index (χ2v) is 8.39. The Hall–Kier alpha value is -3.63. The molecule has 0 aliphatic heterocycles. The summed E-state index contributed by atoms with van der Waals surface area (Å²) in [5.74, 6) is -4.35. The van der Waals surface area contributed by atoms with Crippen molar-refractivity contribution in [2.45, 2.75) is 39.0 Å². The summed E-state index contributed by atoms with van der Waals surface area (Å²) < 4.78 is 14.8. The molecule has 1 aromatic rings. The van der Waals surface area contributed by atoms with Gasteiger partial charge in [0.2, 0.25) is 11.8 Å². The van der Waals surface area contributed by atoms with Gasteiger partial charge >= 0.3 is 18.0 Å². The van der Waals surface area contributed by atoms with Crippen molar-refractivity contribution in [3.63, 3.8) is 0 Å². The Morgan fingerprint density at radius 3 is 2.21 bits per heavy atom. The number of hydrogen-bond acceptors (Lipinski definition) is 8. The normalized spacial score (nSPS) is 19.0. The molecule has 1 aliphatic carbocycles. The van der Waals surface area contributed by atoms with Crippen molar-refractivity contribution in [3.05, 3.63) is 35.9 Å². The minimum Gasteiger partial charge on any atom is -0.469 e. The molecule has 0 saturated heterocycles. The van der Waals surface area contributed by atoms with Crippen LogP contribution in [-0.2, 0) is 40.0 Å². The zero-order valence-corrected chi connectivity index (χ0v) is 19.0. The minimum atomic E-state index is -0.912. The number of amides is 3. The number of rotatable bonds is 9. The van der Waals surface area contributed by atoms with Gasteiger partial charge in [0.05, 0.1) is 25.0 Å². The van der Waals surface area contributed by atoms with E-state index in [0.29, 0.717) is 0 Å². The van der Waals surface area contributed by atoms with Crippen molar-refractivity contribution >= 4 is 29.8 Å². The first kappa shape index (κ1) is 25.6. The van der Waals surface area contributed by atoms with Crippen molar-refractivity contribution in [1.29, 1.82) is 0 Å². The van der Waals surface area contributed by atoms with Crippen LogP contribution in [0.25, 0.3) is 0 Å². The number of methoxy groups -OCH3 is 1. The summed E-state index contributed by atoms with van der Waals surface area (Å²) in [5.41, 5.74) is 0.0752. The lowest BCUT2D eigenvalue weighted by Gasteiger charge is -2.19. The Labute approximate surface area is 191 Å². The maximum atomic E-state index is 12.5. The molecule has 0 bridgehead atoms. The van der Waals surface area contributed by atoms with Gasteiger partial charge in [-0.25, -0.2) is 4.79 Å². The number of ether oxygens (including phenoxy) is 3. The fourth-order valence-electron chi connectivity index (χ4n) is 3.02. The first-order valence-corrected chi connectivity index (χ1v) is 10.3. The molecule has 0 unspecified atom stereocenters. The molecule has 2 rings (SSSR count). The molecule has 3 atom stereocenters. The maximum Gasteiger partial charge on any atom is 0.408 e. The highest BCUT2D eigenvalue weighted by molar-refractivity contribution is 5.95. The van der Waals surface area contributed by atoms with Gasteiger partial charge in [0, 0.05) is 0 Å². The van der Waals surface area contributed by atoms with Gasteiger partial charge in [-0.15, -0.1) is 0 Å². The van der Waals surface area contributed by atoms with Gasteiger partial charge in [-0.1, -0.05) is 30.3 Å². The van der Waals surface area contributed by atoms with Crippen LogP contribution < -0.4 is 16.0 Å². The highest BCUT2D eigenvalue weighted by Gasteiger charge is 2.60. The Bertz CT molecular complexity index is 881. The average Bonchev–Trinajstić information content (AvgIpc) is 3.47. The monoisotopic (exact) mass is 463 g/mol. The zero-order chi connectivity index (χ0) is 24.6. The third-order valence-corrected chi connectivity index (χ3v) is 4.57. The van der Waals surface area contributed by atoms with Crippen molar-refractivity contribution in [2.24, 2.45) is 11.8 Å². The maximum absolute atomic E-state index is 12.5. The SMILES string of the molecule is COC(=O)[C@H]1[C@H](NC(=O)CNC(=O)OC(C)(C)C)[C@@H]1C(=O)NCC(=O)OCc1ccccc1. The Balaban J connectivity index is 1.80. The van der Waals surface area contributed by atoms with Crippen LogP contribution in [0.2, 0.25) is 0 Å².